The first-order chi connectivity index (χ1) is 67.3. The summed E-state index contributed by atoms with van der Waals surface area (Å²) in [5, 5.41) is 26.8. The second-order valence-electron chi connectivity index (χ2n) is 34.2. The summed E-state index contributed by atoms with van der Waals surface area (Å²) < 4.78 is 71.3. The lowest BCUT2D eigenvalue weighted by Gasteiger charge is -2.44. The average molecular weight is 2020 g/mol. The van der Waals surface area contributed by atoms with Crippen LogP contribution in [0.25, 0.3) is 0 Å². The predicted octanol–water partition coefficient (Wildman–Crippen LogP) is -0.0941. The van der Waals surface area contributed by atoms with Gasteiger partial charge in [0.25, 0.3) is 0 Å². The van der Waals surface area contributed by atoms with Gasteiger partial charge in [0.15, 0.2) is 54.0 Å². The third-order valence-electron chi connectivity index (χ3n) is 21.9. The van der Waals surface area contributed by atoms with Gasteiger partial charge in [-0.05, 0) is 82.6 Å². The predicted molar refractivity (Wildman–Crippen MR) is 491 cm³/mol. The van der Waals surface area contributed by atoms with E-state index in [1.54, 1.807) is 0 Å². The van der Waals surface area contributed by atoms with Gasteiger partial charge in [0, 0.05) is 206 Å². The molecule has 16 atom stereocenters. The van der Waals surface area contributed by atoms with Gasteiger partial charge in [-0.15, -0.1) is 0 Å². The van der Waals surface area contributed by atoms with E-state index in [0.717, 1.165) is 88.6 Å². The van der Waals surface area contributed by atoms with Crippen molar-refractivity contribution in [1.29, 1.82) is 0 Å². The standard InChI is InChI=1S/C94H139N11O37/c1-54(106)101-82-85(140-71(51-130-57(4)109)88(134-60(7)112)91(82)137-63(10)115)68(118)30-25-36-76(123)95-42-22-18-33-74(121)98-46-48-105(49-47-99-75(122)34-19-23-43-96-77(124)37-26-31-69(119)86-83(102-55(2)107)92(138-64(11)116)89(135-61(8)113)72(141-86)52-131-58(5)110)80(127)41-40-67(94(129)100-45-21-14-17-39-81(128)133-50-66-28-15-13-16-29-66)104-79(126)35-20-24-44-97-78(125)38-27-32-70(120)87-84(103-56(3)108)93(139-65(12)117)90(136-62(9)114)73(142-87)53-132-59(6)111/h13,15-16,28-29,67,71-73,82-93H,14,17-27,30-53H2,1-12H3,(H,95,123)(H,96,124)(H,97,125)(H,98,121)(H,99,122)(H,100,129)(H,101,106)(H,102,107)(H,103,108)(H,104,126)/t67-,71?,72?,73?,82?,83?,84?,85?,86?,87?,88?,89?,90?,91?,92?,93?/m0/s1. The quantitative estimate of drug-likeness (QED) is 0.0231. The van der Waals surface area contributed by atoms with E-state index in [1.807, 2.05) is 30.3 Å². The normalized spacial score (nSPS) is 20.6. The summed E-state index contributed by atoms with van der Waals surface area (Å²) in [6.07, 6.45) is -16.7. The number of amides is 11. The molecule has 15 unspecified atom stereocenters. The molecule has 11 amide bonds. The molecule has 1 aromatic rings. The van der Waals surface area contributed by atoms with Crippen LogP contribution in [0.4, 0.5) is 0 Å². The summed E-state index contributed by atoms with van der Waals surface area (Å²) in [6.45, 7) is 11.4. The fourth-order valence-corrected chi connectivity index (χ4v) is 15.6. The number of unbranched alkanes of at least 4 members (excludes halogenated alkanes) is 5. The van der Waals surface area contributed by atoms with Gasteiger partial charge in [-0.1, -0.05) is 36.8 Å². The number of esters is 10. The van der Waals surface area contributed by atoms with Crippen LogP contribution < -0.4 is 53.2 Å². The fraction of sp³-hybridized carbons (Fsp3) is 0.681. The highest BCUT2D eigenvalue weighted by Gasteiger charge is 2.56. The van der Waals surface area contributed by atoms with Crippen molar-refractivity contribution in [3.05, 3.63) is 35.9 Å². The van der Waals surface area contributed by atoms with Crippen LogP contribution in [0.15, 0.2) is 30.3 Å². The van der Waals surface area contributed by atoms with Crippen molar-refractivity contribution < 1.29 is 177 Å². The smallest absolute Gasteiger partial charge is 0.306 e. The molecule has 0 aliphatic carbocycles. The van der Waals surface area contributed by atoms with Crippen molar-refractivity contribution in [2.45, 2.75) is 341 Å². The Balaban J connectivity index is 1.43. The van der Waals surface area contributed by atoms with Crippen molar-refractivity contribution in [3.8, 4) is 0 Å². The molecule has 0 bridgehead atoms. The van der Waals surface area contributed by atoms with E-state index in [2.05, 4.69) is 53.2 Å². The first-order valence-electron chi connectivity index (χ1n) is 47.5. The van der Waals surface area contributed by atoms with Gasteiger partial charge in [-0.2, -0.15) is 0 Å². The van der Waals surface area contributed by atoms with Crippen LogP contribution in [0, 0.1) is 0 Å². The fourth-order valence-electron chi connectivity index (χ4n) is 15.6. The van der Waals surface area contributed by atoms with Gasteiger partial charge in [0.2, 0.25) is 65.0 Å². The topological polar surface area (TPSA) is 653 Å². The van der Waals surface area contributed by atoms with Gasteiger partial charge in [-0.3, -0.25) is 115 Å². The van der Waals surface area contributed by atoms with Gasteiger partial charge in [-0.25, -0.2) is 0 Å². The lowest BCUT2D eigenvalue weighted by Crippen LogP contribution is -2.67. The maximum atomic E-state index is 14.5. The highest BCUT2D eigenvalue weighted by molar-refractivity contribution is 5.91. The second kappa shape index (κ2) is 65.9. The minimum atomic E-state index is -1.53. The third kappa shape index (κ3) is 48.9. The Kier molecular flexibility index (Phi) is 56.3. The molecule has 3 aliphatic heterocycles. The lowest BCUT2D eigenvalue weighted by atomic mass is 9.88. The second-order valence-corrected chi connectivity index (χ2v) is 34.2. The number of ketones is 3. The Morgan fingerprint density at radius 2 is 0.599 bits per heavy atom. The number of hydrogen-bond donors (Lipinski definition) is 10. The molecule has 142 heavy (non-hydrogen) atoms. The van der Waals surface area contributed by atoms with Crippen LogP contribution >= 0.6 is 0 Å². The molecule has 792 valence electrons. The van der Waals surface area contributed by atoms with E-state index in [1.165, 1.54) is 4.90 Å². The number of Topliss-reactive ketones (excluding diaryl/α,β-unsaturated/α-hetero) is 3. The number of nitrogens with one attached hydrogen (secondary N) is 10. The zero-order valence-electron chi connectivity index (χ0n) is 82.6. The maximum absolute atomic E-state index is 14.5. The van der Waals surface area contributed by atoms with E-state index in [4.69, 9.17) is 61.6 Å². The van der Waals surface area contributed by atoms with Gasteiger partial charge in [0.05, 0.1) is 0 Å². The Morgan fingerprint density at radius 1 is 0.303 bits per heavy atom. The molecule has 3 heterocycles. The largest absolute Gasteiger partial charge is 0.463 e. The lowest BCUT2D eigenvalue weighted by molar-refractivity contribution is -0.222. The summed E-state index contributed by atoms with van der Waals surface area (Å²) in [5.41, 5.74) is 0.808. The third-order valence-corrected chi connectivity index (χ3v) is 21.9. The molecule has 3 fully saturated rings. The first-order valence-corrected chi connectivity index (χ1v) is 47.5. The number of benzene rings is 1. The van der Waals surface area contributed by atoms with Crippen molar-refractivity contribution in [2.24, 2.45) is 0 Å². The molecular weight excluding hydrogens is 1880 g/mol. The van der Waals surface area contributed by atoms with Crippen LogP contribution in [0.5, 0.6) is 0 Å². The number of carbonyl (C=O) groups excluding carboxylic acids is 24. The van der Waals surface area contributed by atoms with Crippen LogP contribution in [0.2, 0.25) is 0 Å². The number of nitrogens with zero attached hydrogens (tertiary/aromatic N) is 1. The molecule has 0 radical (unpaired) electrons. The molecule has 48 heteroatoms. The van der Waals surface area contributed by atoms with Crippen molar-refractivity contribution in [2.75, 3.05) is 72.2 Å². The van der Waals surface area contributed by atoms with Crippen molar-refractivity contribution in [1.82, 2.24) is 58.1 Å². The summed E-state index contributed by atoms with van der Waals surface area (Å²) >= 11 is 0. The zero-order chi connectivity index (χ0) is 106. The highest BCUT2D eigenvalue weighted by atomic mass is 16.7. The van der Waals surface area contributed by atoms with Gasteiger partial charge < -0.3 is 120 Å². The van der Waals surface area contributed by atoms with E-state index in [9.17, 15) is 115 Å². The van der Waals surface area contributed by atoms with E-state index in [-0.39, 0.29) is 181 Å². The van der Waals surface area contributed by atoms with Crippen LogP contribution in [-0.2, 0) is 183 Å². The van der Waals surface area contributed by atoms with Crippen molar-refractivity contribution in [3.63, 3.8) is 0 Å². The Morgan fingerprint density at radius 3 is 0.923 bits per heavy atom. The van der Waals surface area contributed by atoms with Gasteiger partial charge in [0.1, 0.15) is 87.2 Å². The summed E-state index contributed by atoms with van der Waals surface area (Å²) in [4.78, 5) is 310. The molecule has 3 aliphatic rings. The summed E-state index contributed by atoms with van der Waals surface area (Å²) in [6, 6.07) is 3.64. The summed E-state index contributed by atoms with van der Waals surface area (Å²) in [5.74, 6) is -15.8. The molecule has 4 rings (SSSR count). The van der Waals surface area contributed by atoms with E-state index >= 15 is 0 Å². The maximum Gasteiger partial charge on any atom is 0.306 e. The molecule has 1 aromatic carbocycles. The number of hydrogen-bond acceptors (Lipinski definition) is 37. The molecule has 3 saturated heterocycles. The number of carbonyl (C=O) groups is 24. The Hall–Kier alpha value is -13.0. The van der Waals surface area contributed by atoms with Crippen LogP contribution in [0.3, 0.4) is 0 Å². The minimum absolute atomic E-state index is 0.0267. The Labute approximate surface area is 822 Å². The van der Waals surface area contributed by atoms with Gasteiger partial charge >= 0.3 is 59.7 Å². The number of ether oxygens (including phenoxy) is 13. The van der Waals surface area contributed by atoms with Crippen LogP contribution in [0.1, 0.15) is 243 Å². The monoisotopic (exact) mass is 2010 g/mol. The molecule has 10 N–H and O–H groups in total. The van der Waals surface area contributed by atoms with Crippen molar-refractivity contribution >= 4 is 142 Å². The molecule has 0 saturated carbocycles. The average Bonchev–Trinajstić information content (AvgIpc) is 0.785. The number of rotatable bonds is 64. The molecular formula is C94H139N11O37. The molecule has 48 nitrogen and oxygen atoms in total. The highest BCUT2D eigenvalue weighted by Crippen LogP contribution is 2.33. The minimum Gasteiger partial charge on any atom is -0.463 e. The molecule has 0 spiro atoms. The summed E-state index contributed by atoms with van der Waals surface area (Å²) in [7, 11) is 0. The molecule has 0 aromatic heterocycles. The zero-order valence-corrected chi connectivity index (χ0v) is 82.6. The first kappa shape index (κ1) is 121. The van der Waals surface area contributed by atoms with E-state index in [0.29, 0.717) is 32.1 Å². The van der Waals surface area contributed by atoms with E-state index < -0.39 is 259 Å². The van der Waals surface area contributed by atoms with Crippen LogP contribution in [-0.4, -0.2) is 317 Å². The SMILES string of the molecule is CC(=O)NC1C(C(=O)CCCC(=O)NCCCCC(=O)NCCN(CCNC(=O)CCCCNC(=O)CCCC(=O)C2OC(COC(C)=O)C(OC(C)=O)C(OC(C)=O)C2NC(C)=O)C(=O)CC[C@H](NC(=O)CCCCNC(=O)CCCC(=O)C2OC(COC(C)=O)C(OC(C)=O)C(OC(C)=O)C2NC(C)=O)C(=O)NCCCCCC(=O)OCc2ccccc2)OC(COC(C)=O)C(OC(C)=O)C1OC(C)=O. The Bertz CT molecular complexity index is 4310.